The lowest BCUT2D eigenvalue weighted by Gasteiger charge is -2.19. The molecular formula is C18H25N3O2. The number of nitrogens with one attached hydrogen (secondary N) is 1. The molecule has 0 fully saturated rings. The van der Waals surface area contributed by atoms with Crippen LogP contribution in [-0.2, 0) is 5.41 Å². The summed E-state index contributed by atoms with van der Waals surface area (Å²) in [6, 6.07) is 9.77. The SMILES string of the molecule is Cc1nccc(NCC(O)COc2ccc(C(C)(C)C)cc2)n1. The highest BCUT2D eigenvalue weighted by atomic mass is 16.5. The van der Waals surface area contributed by atoms with Gasteiger partial charge < -0.3 is 15.2 Å². The fraction of sp³-hybridized carbons (Fsp3) is 0.444. The van der Waals surface area contributed by atoms with Crippen molar-refractivity contribution in [3.8, 4) is 5.75 Å². The van der Waals surface area contributed by atoms with Crippen molar-refractivity contribution in [1.82, 2.24) is 9.97 Å². The summed E-state index contributed by atoms with van der Waals surface area (Å²) in [5, 5.41) is 13.1. The highest BCUT2D eigenvalue weighted by molar-refractivity contribution is 5.33. The number of hydrogen-bond donors (Lipinski definition) is 2. The number of rotatable bonds is 6. The van der Waals surface area contributed by atoms with Gasteiger partial charge in [-0.15, -0.1) is 0 Å². The van der Waals surface area contributed by atoms with Gasteiger partial charge in [-0.05, 0) is 36.1 Å². The molecule has 5 nitrogen and oxygen atoms in total. The van der Waals surface area contributed by atoms with Gasteiger partial charge in [0.25, 0.3) is 0 Å². The second-order valence-corrected chi connectivity index (χ2v) is 6.61. The molecule has 2 rings (SSSR count). The smallest absolute Gasteiger partial charge is 0.129 e. The van der Waals surface area contributed by atoms with Crippen molar-refractivity contribution in [2.45, 2.75) is 39.2 Å². The Morgan fingerprint density at radius 3 is 2.48 bits per heavy atom. The summed E-state index contributed by atoms with van der Waals surface area (Å²) in [6.45, 7) is 8.95. The van der Waals surface area contributed by atoms with Crippen molar-refractivity contribution in [1.29, 1.82) is 0 Å². The molecule has 0 radical (unpaired) electrons. The first-order chi connectivity index (χ1) is 10.8. The summed E-state index contributed by atoms with van der Waals surface area (Å²) < 4.78 is 5.62. The van der Waals surface area contributed by atoms with Gasteiger partial charge in [0.05, 0.1) is 0 Å². The molecule has 0 saturated carbocycles. The van der Waals surface area contributed by atoms with Crippen molar-refractivity contribution in [3.63, 3.8) is 0 Å². The average Bonchev–Trinajstić information content (AvgIpc) is 2.50. The summed E-state index contributed by atoms with van der Waals surface area (Å²) in [5.74, 6) is 2.15. The molecule has 1 atom stereocenters. The van der Waals surface area contributed by atoms with Gasteiger partial charge in [-0.2, -0.15) is 0 Å². The Balaban J connectivity index is 1.79. The van der Waals surface area contributed by atoms with Crippen LogP contribution in [0.4, 0.5) is 5.82 Å². The molecule has 1 aromatic heterocycles. The number of ether oxygens (including phenoxy) is 1. The maximum atomic E-state index is 9.99. The lowest BCUT2D eigenvalue weighted by Crippen LogP contribution is -2.26. The van der Waals surface area contributed by atoms with Crippen LogP contribution in [0.25, 0.3) is 0 Å². The number of hydrogen-bond acceptors (Lipinski definition) is 5. The third kappa shape index (κ3) is 5.53. The fourth-order valence-corrected chi connectivity index (χ4v) is 2.08. The minimum atomic E-state index is -0.618. The van der Waals surface area contributed by atoms with Gasteiger partial charge >= 0.3 is 0 Å². The normalized spacial score (nSPS) is 12.7. The van der Waals surface area contributed by atoms with E-state index in [4.69, 9.17) is 4.74 Å². The summed E-state index contributed by atoms with van der Waals surface area (Å²) in [7, 11) is 0. The van der Waals surface area contributed by atoms with Crippen LogP contribution < -0.4 is 10.1 Å². The molecule has 0 bridgehead atoms. The molecule has 1 aromatic carbocycles. The van der Waals surface area contributed by atoms with Crippen LogP contribution in [0.3, 0.4) is 0 Å². The van der Waals surface area contributed by atoms with E-state index in [0.29, 0.717) is 18.2 Å². The first-order valence-electron chi connectivity index (χ1n) is 7.79. The van der Waals surface area contributed by atoms with Gasteiger partial charge in [-0.25, -0.2) is 9.97 Å². The van der Waals surface area contributed by atoms with Crippen LogP contribution in [0.5, 0.6) is 5.75 Å². The molecule has 0 spiro atoms. The van der Waals surface area contributed by atoms with Crippen LogP contribution in [0.2, 0.25) is 0 Å². The van der Waals surface area contributed by atoms with E-state index in [2.05, 4.69) is 48.2 Å². The zero-order valence-corrected chi connectivity index (χ0v) is 14.2. The van der Waals surface area contributed by atoms with Gasteiger partial charge in [-0.1, -0.05) is 32.9 Å². The number of anilines is 1. The molecule has 124 valence electrons. The lowest BCUT2D eigenvalue weighted by molar-refractivity contribution is 0.117. The molecule has 1 heterocycles. The summed E-state index contributed by atoms with van der Waals surface area (Å²) in [4.78, 5) is 8.25. The average molecular weight is 315 g/mol. The van der Waals surface area contributed by atoms with E-state index >= 15 is 0 Å². The van der Waals surface area contributed by atoms with E-state index < -0.39 is 6.10 Å². The first kappa shape index (κ1) is 17.2. The van der Waals surface area contributed by atoms with E-state index in [-0.39, 0.29) is 12.0 Å². The Morgan fingerprint density at radius 2 is 1.87 bits per heavy atom. The topological polar surface area (TPSA) is 67.3 Å². The highest BCUT2D eigenvalue weighted by Gasteiger charge is 2.13. The third-order valence-corrected chi connectivity index (χ3v) is 3.46. The maximum Gasteiger partial charge on any atom is 0.129 e. The number of aryl methyl sites for hydroxylation is 1. The Morgan fingerprint density at radius 1 is 1.17 bits per heavy atom. The predicted octanol–water partition coefficient (Wildman–Crippen LogP) is 2.93. The Labute approximate surface area is 137 Å². The van der Waals surface area contributed by atoms with Crippen molar-refractivity contribution in [3.05, 3.63) is 47.9 Å². The van der Waals surface area contributed by atoms with Crippen LogP contribution in [-0.4, -0.2) is 34.3 Å². The van der Waals surface area contributed by atoms with Gasteiger partial charge in [0.2, 0.25) is 0 Å². The lowest BCUT2D eigenvalue weighted by atomic mass is 9.87. The molecule has 1 unspecified atom stereocenters. The Kier molecular flexibility index (Phi) is 5.55. The number of aliphatic hydroxyl groups excluding tert-OH is 1. The van der Waals surface area contributed by atoms with E-state index in [1.807, 2.05) is 19.1 Å². The second kappa shape index (κ2) is 7.42. The summed E-state index contributed by atoms with van der Waals surface area (Å²) in [5.41, 5.74) is 1.38. The van der Waals surface area contributed by atoms with Crippen molar-refractivity contribution >= 4 is 5.82 Å². The summed E-state index contributed by atoms with van der Waals surface area (Å²) in [6.07, 6.45) is 1.07. The number of aliphatic hydroxyl groups is 1. The largest absolute Gasteiger partial charge is 0.491 e. The quantitative estimate of drug-likeness (QED) is 0.858. The van der Waals surface area contributed by atoms with Crippen LogP contribution in [0.15, 0.2) is 36.5 Å². The Bertz CT molecular complexity index is 621. The molecule has 23 heavy (non-hydrogen) atoms. The van der Waals surface area contributed by atoms with Crippen molar-refractivity contribution in [2.75, 3.05) is 18.5 Å². The van der Waals surface area contributed by atoms with Gasteiger partial charge in [0.15, 0.2) is 0 Å². The number of aromatic nitrogens is 2. The minimum Gasteiger partial charge on any atom is -0.491 e. The van der Waals surface area contributed by atoms with Gasteiger partial charge in [0, 0.05) is 12.7 Å². The zero-order valence-electron chi connectivity index (χ0n) is 14.2. The van der Waals surface area contributed by atoms with E-state index in [1.165, 1.54) is 5.56 Å². The molecule has 0 amide bonds. The van der Waals surface area contributed by atoms with E-state index in [9.17, 15) is 5.11 Å². The van der Waals surface area contributed by atoms with Crippen molar-refractivity contribution in [2.24, 2.45) is 0 Å². The molecule has 2 N–H and O–H groups in total. The molecule has 5 heteroatoms. The van der Waals surface area contributed by atoms with Gasteiger partial charge in [0.1, 0.15) is 30.1 Å². The highest BCUT2D eigenvalue weighted by Crippen LogP contribution is 2.24. The standard InChI is InChI=1S/C18H25N3O2/c1-13-19-10-9-17(21-13)20-11-15(22)12-23-16-7-5-14(6-8-16)18(2,3)4/h5-10,15,22H,11-12H2,1-4H3,(H,19,20,21). The molecule has 2 aromatic rings. The molecule has 0 aliphatic heterocycles. The number of nitrogens with zero attached hydrogens (tertiary/aromatic N) is 2. The first-order valence-corrected chi connectivity index (χ1v) is 7.79. The monoisotopic (exact) mass is 315 g/mol. The maximum absolute atomic E-state index is 9.99. The third-order valence-electron chi connectivity index (χ3n) is 3.46. The van der Waals surface area contributed by atoms with Gasteiger partial charge in [-0.3, -0.25) is 0 Å². The van der Waals surface area contributed by atoms with Crippen molar-refractivity contribution < 1.29 is 9.84 Å². The molecular weight excluding hydrogens is 290 g/mol. The summed E-state index contributed by atoms with van der Waals surface area (Å²) >= 11 is 0. The molecule has 0 aliphatic carbocycles. The number of benzene rings is 1. The minimum absolute atomic E-state index is 0.123. The zero-order chi connectivity index (χ0) is 16.9. The van der Waals surface area contributed by atoms with Crippen LogP contribution in [0, 0.1) is 6.92 Å². The van der Waals surface area contributed by atoms with Crippen LogP contribution >= 0.6 is 0 Å². The Hall–Kier alpha value is -2.14. The van der Waals surface area contributed by atoms with Crippen LogP contribution in [0.1, 0.15) is 32.2 Å². The van der Waals surface area contributed by atoms with E-state index in [1.54, 1.807) is 12.3 Å². The molecule has 0 saturated heterocycles. The second-order valence-electron chi connectivity index (χ2n) is 6.61. The fourth-order valence-electron chi connectivity index (χ4n) is 2.08. The molecule has 0 aliphatic rings. The van der Waals surface area contributed by atoms with E-state index in [0.717, 1.165) is 5.75 Å². The predicted molar refractivity (Wildman–Crippen MR) is 91.9 cm³/mol.